The summed E-state index contributed by atoms with van der Waals surface area (Å²) in [5, 5.41) is 0.688. The molecule has 13 heavy (non-hydrogen) atoms. The van der Waals surface area contributed by atoms with Gasteiger partial charge in [0.15, 0.2) is 0 Å². The SMILES string of the molecule is CC(=O)Oc1cc(C)c(Cl)cc1C. The highest BCUT2D eigenvalue weighted by atomic mass is 35.5. The van der Waals surface area contributed by atoms with E-state index in [1.807, 2.05) is 13.8 Å². The van der Waals surface area contributed by atoms with Crippen molar-refractivity contribution in [1.29, 1.82) is 0 Å². The average Bonchev–Trinajstić information content (AvgIpc) is 1.99. The van der Waals surface area contributed by atoms with Crippen LogP contribution < -0.4 is 4.74 Å². The van der Waals surface area contributed by atoms with E-state index < -0.39 is 0 Å². The molecule has 0 aliphatic carbocycles. The van der Waals surface area contributed by atoms with E-state index in [-0.39, 0.29) is 5.97 Å². The third-order valence-electron chi connectivity index (χ3n) is 1.71. The minimum absolute atomic E-state index is 0.315. The fraction of sp³-hybridized carbons (Fsp3) is 0.300. The minimum atomic E-state index is -0.315. The van der Waals surface area contributed by atoms with Gasteiger partial charge in [-0.15, -0.1) is 0 Å². The molecule has 0 heterocycles. The lowest BCUT2D eigenvalue weighted by atomic mass is 10.1. The van der Waals surface area contributed by atoms with Crippen molar-refractivity contribution in [3.05, 3.63) is 28.3 Å². The van der Waals surface area contributed by atoms with Crippen molar-refractivity contribution < 1.29 is 9.53 Å². The first-order chi connectivity index (χ1) is 6.00. The summed E-state index contributed by atoms with van der Waals surface area (Å²) in [5.41, 5.74) is 1.77. The topological polar surface area (TPSA) is 26.3 Å². The highest BCUT2D eigenvalue weighted by Crippen LogP contribution is 2.25. The van der Waals surface area contributed by atoms with Crippen molar-refractivity contribution in [3.8, 4) is 5.75 Å². The molecular formula is C10H11ClO2. The van der Waals surface area contributed by atoms with E-state index in [9.17, 15) is 4.79 Å². The van der Waals surface area contributed by atoms with Crippen molar-refractivity contribution in [3.63, 3.8) is 0 Å². The predicted molar refractivity (Wildman–Crippen MR) is 52.2 cm³/mol. The molecule has 0 saturated heterocycles. The Kier molecular flexibility index (Phi) is 2.94. The van der Waals surface area contributed by atoms with Gasteiger partial charge >= 0.3 is 5.97 Å². The van der Waals surface area contributed by atoms with Gasteiger partial charge in [-0.3, -0.25) is 4.79 Å². The number of carbonyl (C=O) groups is 1. The molecule has 0 fully saturated rings. The number of halogens is 1. The molecule has 1 aromatic carbocycles. The quantitative estimate of drug-likeness (QED) is 0.512. The van der Waals surface area contributed by atoms with Crippen molar-refractivity contribution in [2.75, 3.05) is 0 Å². The van der Waals surface area contributed by atoms with Gasteiger partial charge in [0.2, 0.25) is 0 Å². The number of ether oxygens (including phenoxy) is 1. The number of hydrogen-bond acceptors (Lipinski definition) is 2. The van der Waals surface area contributed by atoms with Crippen LogP contribution in [0.5, 0.6) is 5.75 Å². The Morgan fingerprint density at radius 1 is 1.31 bits per heavy atom. The molecule has 0 spiro atoms. The average molecular weight is 199 g/mol. The van der Waals surface area contributed by atoms with Crippen molar-refractivity contribution in [2.45, 2.75) is 20.8 Å². The Morgan fingerprint density at radius 2 is 1.92 bits per heavy atom. The van der Waals surface area contributed by atoms with Crippen molar-refractivity contribution in [2.24, 2.45) is 0 Å². The lowest BCUT2D eigenvalue weighted by Gasteiger charge is -2.07. The summed E-state index contributed by atoms with van der Waals surface area (Å²) in [5.74, 6) is 0.263. The van der Waals surface area contributed by atoms with Gasteiger partial charge in [0.05, 0.1) is 0 Å². The number of carbonyl (C=O) groups excluding carboxylic acids is 1. The van der Waals surface area contributed by atoms with E-state index in [1.165, 1.54) is 6.92 Å². The molecule has 3 heteroatoms. The Balaban J connectivity index is 3.08. The summed E-state index contributed by atoms with van der Waals surface area (Å²) in [7, 11) is 0. The van der Waals surface area contributed by atoms with Crippen molar-refractivity contribution >= 4 is 17.6 Å². The molecule has 0 N–H and O–H groups in total. The number of hydrogen-bond donors (Lipinski definition) is 0. The van der Waals surface area contributed by atoms with Crippen molar-refractivity contribution in [1.82, 2.24) is 0 Å². The van der Waals surface area contributed by atoms with Gasteiger partial charge in [-0.1, -0.05) is 11.6 Å². The first-order valence-corrected chi connectivity index (χ1v) is 4.33. The van der Waals surface area contributed by atoms with Crippen LogP contribution in [-0.2, 0) is 4.79 Å². The molecule has 0 aliphatic heterocycles. The van der Waals surface area contributed by atoms with Gasteiger partial charge in [-0.05, 0) is 37.1 Å². The minimum Gasteiger partial charge on any atom is -0.426 e. The number of esters is 1. The van der Waals surface area contributed by atoms with Crippen LogP contribution in [0.4, 0.5) is 0 Å². The maximum absolute atomic E-state index is 10.7. The van der Waals surface area contributed by atoms with Crippen LogP contribution in [0.1, 0.15) is 18.1 Å². The van der Waals surface area contributed by atoms with Gasteiger partial charge in [0.1, 0.15) is 5.75 Å². The molecule has 0 atom stereocenters. The zero-order valence-corrected chi connectivity index (χ0v) is 8.61. The second kappa shape index (κ2) is 3.79. The molecule has 0 aromatic heterocycles. The van der Waals surface area contributed by atoms with Crippen LogP contribution in [0.25, 0.3) is 0 Å². The largest absolute Gasteiger partial charge is 0.426 e. The van der Waals surface area contributed by atoms with E-state index in [1.54, 1.807) is 12.1 Å². The summed E-state index contributed by atoms with van der Waals surface area (Å²) in [4.78, 5) is 10.7. The van der Waals surface area contributed by atoms with Crippen LogP contribution >= 0.6 is 11.6 Å². The Labute approximate surface area is 82.5 Å². The molecule has 0 bridgehead atoms. The van der Waals surface area contributed by atoms with E-state index in [0.29, 0.717) is 10.8 Å². The highest BCUT2D eigenvalue weighted by Gasteiger charge is 2.05. The molecule has 1 aromatic rings. The molecule has 0 unspecified atom stereocenters. The molecular weight excluding hydrogens is 188 g/mol. The summed E-state index contributed by atoms with van der Waals surface area (Å²) in [6.07, 6.45) is 0. The van der Waals surface area contributed by atoms with E-state index in [4.69, 9.17) is 16.3 Å². The molecule has 70 valence electrons. The fourth-order valence-corrected chi connectivity index (χ4v) is 1.24. The van der Waals surface area contributed by atoms with Gasteiger partial charge in [0.25, 0.3) is 0 Å². The molecule has 1 rings (SSSR count). The first kappa shape index (κ1) is 10.1. The zero-order valence-electron chi connectivity index (χ0n) is 7.85. The smallest absolute Gasteiger partial charge is 0.308 e. The summed E-state index contributed by atoms with van der Waals surface area (Å²) >= 11 is 5.88. The Bertz CT molecular complexity index is 345. The second-order valence-corrected chi connectivity index (χ2v) is 3.37. The summed E-state index contributed by atoms with van der Waals surface area (Å²) in [6.45, 7) is 5.10. The van der Waals surface area contributed by atoms with E-state index in [0.717, 1.165) is 11.1 Å². The fourth-order valence-electron chi connectivity index (χ4n) is 1.02. The molecule has 0 amide bonds. The maximum atomic E-state index is 10.7. The molecule has 0 radical (unpaired) electrons. The summed E-state index contributed by atoms with van der Waals surface area (Å²) < 4.78 is 4.98. The second-order valence-electron chi connectivity index (χ2n) is 2.96. The van der Waals surface area contributed by atoms with Crippen LogP contribution in [0.3, 0.4) is 0 Å². The lowest BCUT2D eigenvalue weighted by molar-refractivity contribution is -0.131. The van der Waals surface area contributed by atoms with Gasteiger partial charge in [-0.25, -0.2) is 0 Å². The third kappa shape index (κ3) is 2.46. The first-order valence-electron chi connectivity index (χ1n) is 3.96. The Morgan fingerprint density at radius 3 is 2.46 bits per heavy atom. The van der Waals surface area contributed by atoms with Gasteiger partial charge in [-0.2, -0.15) is 0 Å². The highest BCUT2D eigenvalue weighted by molar-refractivity contribution is 6.31. The standard InChI is InChI=1S/C10H11ClO2/c1-6-5-10(13-8(3)12)7(2)4-9(6)11/h4-5H,1-3H3. The van der Waals surface area contributed by atoms with Crippen LogP contribution in [0.2, 0.25) is 5.02 Å². The van der Waals surface area contributed by atoms with E-state index in [2.05, 4.69) is 0 Å². The number of benzene rings is 1. The normalized spacial score (nSPS) is 9.85. The van der Waals surface area contributed by atoms with E-state index >= 15 is 0 Å². The van der Waals surface area contributed by atoms with Crippen LogP contribution in [0, 0.1) is 13.8 Å². The number of aryl methyl sites for hydroxylation is 2. The zero-order chi connectivity index (χ0) is 10.0. The molecule has 0 saturated carbocycles. The lowest BCUT2D eigenvalue weighted by Crippen LogP contribution is -2.03. The van der Waals surface area contributed by atoms with Gasteiger partial charge < -0.3 is 4.74 Å². The Hall–Kier alpha value is -1.02. The number of rotatable bonds is 1. The monoisotopic (exact) mass is 198 g/mol. The van der Waals surface area contributed by atoms with Crippen LogP contribution in [0.15, 0.2) is 12.1 Å². The van der Waals surface area contributed by atoms with Gasteiger partial charge in [0, 0.05) is 11.9 Å². The third-order valence-corrected chi connectivity index (χ3v) is 2.12. The molecule has 0 aliphatic rings. The summed E-state index contributed by atoms with van der Waals surface area (Å²) in [6, 6.07) is 3.55. The predicted octanol–water partition coefficient (Wildman–Crippen LogP) is 2.88. The maximum Gasteiger partial charge on any atom is 0.308 e. The molecule has 2 nitrogen and oxygen atoms in total. The van der Waals surface area contributed by atoms with Crippen LogP contribution in [-0.4, -0.2) is 5.97 Å².